The van der Waals surface area contributed by atoms with Crippen LogP contribution in [0.15, 0.2) is 6.07 Å². The van der Waals surface area contributed by atoms with Gasteiger partial charge >= 0.3 is 0 Å². The summed E-state index contributed by atoms with van der Waals surface area (Å²) in [6, 6.07) is 2.15. The van der Waals surface area contributed by atoms with Gasteiger partial charge in [-0.1, -0.05) is 12.2 Å². The molecular formula is C8H11NS2. The Kier molecular flexibility index (Phi) is 2.62. The quantitative estimate of drug-likeness (QED) is 0.715. The molecule has 11 heavy (non-hydrogen) atoms. The van der Waals surface area contributed by atoms with Gasteiger partial charge in [0.25, 0.3) is 0 Å². The van der Waals surface area contributed by atoms with E-state index >= 15 is 0 Å². The number of aryl methyl sites for hydroxylation is 2. The molecule has 0 radical (unpaired) electrons. The fourth-order valence-corrected chi connectivity index (χ4v) is 2.15. The van der Waals surface area contributed by atoms with Crippen LogP contribution in [-0.2, 0) is 6.42 Å². The van der Waals surface area contributed by atoms with Crippen molar-refractivity contribution in [3.63, 3.8) is 0 Å². The van der Waals surface area contributed by atoms with Crippen molar-refractivity contribution < 1.29 is 0 Å². The molecule has 60 valence electrons. The van der Waals surface area contributed by atoms with Crippen molar-refractivity contribution in [2.45, 2.75) is 20.3 Å². The van der Waals surface area contributed by atoms with Crippen LogP contribution in [0.2, 0.25) is 0 Å². The molecule has 0 spiro atoms. The topological polar surface area (TPSA) is 26.0 Å². The third kappa shape index (κ3) is 2.27. The molecule has 0 aliphatic carbocycles. The number of rotatable bonds is 2. The molecule has 0 atom stereocenters. The molecule has 0 aliphatic heterocycles. The second kappa shape index (κ2) is 3.32. The summed E-state index contributed by atoms with van der Waals surface area (Å²) in [7, 11) is 0. The third-order valence-corrected chi connectivity index (χ3v) is 2.66. The molecule has 1 heterocycles. The minimum atomic E-state index is 0.575. The minimum absolute atomic E-state index is 0.575. The van der Waals surface area contributed by atoms with Crippen LogP contribution in [-0.4, -0.2) is 4.99 Å². The SMILES string of the molecule is Cc1cc(CC(N)=S)c(C)s1. The zero-order valence-electron chi connectivity index (χ0n) is 6.68. The largest absolute Gasteiger partial charge is 0.393 e. The number of nitrogens with two attached hydrogens (primary N) is 1. The molecule has 0 aromatic carbocycles. The molecule has 0 bridgehead atoms. The van der Waals surface area contributed by atoms with Gasteiger partial charge in [0.1, 0.15) is 0 Å². The van der Waals surface area contributed by atoms with Crippen molar-refractivity contribution in [3.05, 3.63) is 21.4 Å². The van der Waals surface area contributed by atoms with Crippen LogP contribution in [0.1, 0.15) is 15.3 Å². The Labute approximate surface area is 76.2 Å². The molecule has 1 aromatic heterocycles. The predicted molar refractivity (Wildman–Crippen MR) is 54.3 cm³/mol. The third-order valence-electron chi connectivity index (χ3n) is 1.51. The summed E-state index contributed by atoms with van der Waals surface area (Å²) in [4.78, 5) is 3.23. The highest BCUT2D eigenvalue weighted by Gasteiger charge is 2.02. The number of thiocarbonyl (C=S) groups is 1. The van der Waals surface area contributed by atoms with Crippen molar-refractivity contribution in [1.82, 2.24) is 0 Å². The predicted octanol–water partition coefficient (Wildman–Crippen LogP) is 2.19. The van der Waals surface area contributed by atoms with E-state index < -0.39 is 0 Å². The molecule has 0 aliphatic rings. The molecule has 0 saturated carbocycles. The van der Waals surface area contributed by atoms with Crippen molar-refractivity contribution in [2.75, 3.05) is 0 Å². The first kappa shape index (κ1) is 8.68. The van der Waals surface area contributed by atoms with E-state index in [1.165, 1.54) is 15.3 Å². The van der Waals surface area contributed by atoms with Crippen LogP contribution in [0.5, 0.6) is 0 Å². The lowest BCUT2D eigenvalue weighted by Crippen LogP contribution is -2.10. The maximum atomic E-state index is 5.44. The Balaban J connectivity index is 2.85. The number of hydrogen-bond donors (Lipinski definition) is 1. The first-order valence-electron chi connectivity index (χ1n) is 3.44. The van der Waals surface area contributed by atoms with Crippen LogP contribution >= 0.6 is 23.6 Å². The van der Waals surface area contributed by atoms with E-state index in [4.69, 9.17) is 18.0 Å². The second-order valence-electron chi connectivity index (χ2n) is 2.58. The van der Waals surface area contributed by atoms with Crippen molar-refractivity contribution in [1.29, 1.82) is 0 Å². The van der Waals surface area contributed by atoms with Crippen LogP contribution in [0.4, 0.5) is 0 Å². The molecule has 2 N–H and O–H groups in total. The van der Waals surface area contributed by atoms with Gasteiger partial charge in [-0.25, -0.2) is 0 Å². The van der Waals surface area contributed by atoms with E-state index in [1.54, 1.807) is 11.3 Å². The van der Waals surface area contributed by atoms with E-state index in [2.05, 4.69) is 19.9 Å². The first-order valence-corrected chi connectivity index (χ1v) is 4.66. The molecule has 1 nitrogen and oxygen atoms in total. The van der Waals surface area contributed by atoms with Gasteiger partial charge in [0.2, 0.25) is 0 Å². The first-order chi connectivity index (χ1) is 5.09. The van der Waals surface area contributed by atoms with Crippen LogP contribution in [0, 0.1) is 13.8 Å². The summed E-state index contributed by atoms with van der Waals surface area (Å²) in [5, 5.41) is 0. The Morgan fingerprint density at radius 2 is 2.27 bits per heavy atom. The summed E-state index contributed by atoms with van der Waals surface area (Å²) >= 11 is 6.62. The average molecular weight is 185 g/mol. The molecule has 0 saturated heterocycles. The van der Waals surface area contributed by atoms with Crippen LogP contribution in [0.25, 0.3) is 0 Å². The fraction of sp³-hybridized carbons (Fsp3) is 0.375. The van der Waals surface area contributed by atoms with Crippen molar-refractivity contribution in [3.8, 4) is 0 Å². The van der Waals surface area contributed by atoms with E-state index in [-0.39, 0.29) is 0 Å². The maximum Gasteiger partial charge on any atom is 0.0772 e. The molecule has 0 unspecified atom stereocenters. The van der Waals surface area contributed by atoms with Gasteiger partial charge < -0.3 is 5.73 Å². The summed E-state index contributed by atoms with van der Waals surface area (Å²) in [5.74, 6) is 0. The summed E-state index contributed by atoms with van der Waals surface area (Å²) in [5.41, 5.74) is 6.72. The zero-order chi connectivity index (χ0) is 8.43. The van der Waals surface area contributed by atoms with E-state index in [9.17, 15) is 0 Å². The van der Waals surface area contributed by atoms with Gasteiger partial charge in [-0.05, 0) is 25.5 Å². The van der Waals surface area contributed by atoms with Gasteiger partial charge in [0, 0.05) is 16.2 Å². The van der Waals surface area contributed by atoms with E-state index in [1.807, 2.05) is 0 Å². The number of thiophene rings is 1. The van der Waals surface area contributed by atoms with Crippen molar-refractivity contribution in [2.24, 2.45) is 5.73 Å². The van der Waals surface area contributed by atoms with Crippen LogP contribution in [0.3, 0.4) is 0 Å². The Morgan fingerprint density at radius 1 is 1.64 bits per heavy atom. The van der Waals surface area contributed by atoms with Gasteiger partial charge in [-0.3, -0.25) is 0 Å². The highest BCUT2D eigenvalue weighted by atomic mass is 32.1. The van der Waals surface area contributed by atoms with Gasteiger partial charge in [-0.15, -0.1) is 11.3 Å². The minimum Gasteiger partial charge on any atom is -0.393 e. The van der Waals surface area contributed by atoms with Gasteiger partial charge in [0.05, 0.1) is 4.99 Å². The zero-order valence-corrected chi connectivity index (χ0v) is 8.31. The monoisotopic (exact) mass is 185 g/mol. The Bertz CT molecular complexity index is 276. The summed E-state index contributed by atoms with van der Waals surface area (Å²) in [6.07, 6.45) is 0.742. The second-order valence-corrected chi connectivity index (χ2v) is 4.57. The molecule has 3 heteroatoms. The number of hydrogen-bond acceptors (Lipinski definition) is 2. The summed E-state index contributed by atoms with van der Waals surface area (Å²) < 4.78 is 0. The molecule has 1 rings (SSSR count). The fourth-order valence-electron chi connectivity index (χ4n) is 1.05. The van der Waals surface area contributed by atoms with Gasteiger partial charge in [-0.2, -0.15) is 0 Å². The molecule has 0 fully saturated rings. The lowest BCUT2D eigenvalue weighted by molar-refractivity contribution is 1.31. The highest BCUT2D eigenvalue weighted by molar-refractivity contribution is 7.80. The highest BCUT2D eigenvalue weighted by Crippen LogP contribution is 2.20. The Morgan fingerprint density at radius 3 is 2.64 bits per heavy atom. The van der Waals surface area contributed by atoms with Gasteiger partial charge in [0.15, 0.2) is 0 Å². The van der Waals surface area contributed by atoms with E-state index in [0.717, 1.165) is 6.42 Å². The smallest absolute Gasteiger partial charge is 0.0772 e. The van der Waals surface area contributed by atoms with Crippen LogP contribution < -0.4 is 5.73 Å². The standard InChI is InChI=1S/C8H11NS2/c1-5-3-7(4-8(9)10)6(2)11-5/h3H,4H2,1-2H3,(H2,9,10). The lowest BCUT2D eigenvalue weighted by atomic mass is 10.2. The average Bonchev–Trinajstić information content (AvgIpc) is 2.09. The van der Waals surface area contributed by atoms with E-state index in [0.29, 0.717) is 4.99 Å². The van der Waals surface area contributed by atoms with Crippen molar-refractivity contribution >= 4 is 28.5 Å². The molecular weight excluding hydrogens is 174 g/mol. The Hall–Kier alpha value is -0.410. The maximum absolute atomic E-state index is 5.44. The molecule has 1 aromatic rings. The lowest BCUT2D eigenvalue weighted by Gasteiger charge is -1.95. The normalized spacial score (nSPS) is 10.0. The summed E-state index contributed by atoms with van der Waals surface area (Å²) in [6.45, 7) is 4.20. The molecule has 0 amide bonds.